The van der Waals surface area contributed by atoms with E-state index in [0.29, 0.717) is 10.5 Å². The summed E-state index contributed by atoms with van der Waals surface area (Å²) in [5, 5.41) is 10.5. The van der Waals surface area contributed by atoms with Crippen LogP contribution in [0.1, 0.15) is 28.0 Å². The van der Waals surface area contributed by atoms with Gasteiger partial charge in [0.2, 0.25) is 0 Å². The highest BCUT2D eigenvalue weighted by molar-refractivity contribution is 7.98. The Kier molecular flexibility index (Phi) is 5.80. The molecule has 0 bridgehead atoms. The third kappa shape index (κ3) is 4.67. The van der Waals surface area contributed by atoms with Gasteiger partial charge >= 0.3 is 11.8 Å². The Bertz CT molecular complexity index is 1080. The molecule has 152 valence electrons. The largest absolute Gasteiger partial charge is 0.507 e. The first-order valence-electron chi connectivity index (χ1n) is 8.80. The molecule has 1 aromatic heterocycles. The van der Waals surface area contributed by atoms with E-state index in [1.807, 2.05) is 32.9 Å². The number of hydrogen-bond donors (Lipinski definition) is 1. The summed E-state index contributed by atoms with van der Waals surface area (Å²) in [7, 11) is 0. The molecule has 0 radical (unpaired) electrons. The van der Waals surface area contributed by atoms with E-state index in [4.69, 9.17) is 4.42 Å². The topological polar surface area (TPSA) is 50.4 Å². The van der Waals surface area contributed by atoms with Crippen molar-refractivity contribution in [3.05, 3.63) is 80.9 Å². The zero-order valence-electron chi connectivity index (χ0n) is 16.1. The number of aryl methyl sites for hydroxylation is 3. The molecule has 0 fully saturated rings. The maximum atomic E-state index is 12.6. The predicted octanol–water partition coefficient (Wildman–Crippen LogP) is 6.25. The van der Waals surface area contributed by atoms with Crippen LogP contribution in [0.2, 0.25) is 0 Å². The lowest BCUT2D eigenvalue weighted by Crippen LogP contribution is -2.07. The first kappa shape index (κ1) is 21.0. The molecule has 3 rings (SSSR count). The molecule has 2 aromatic carbocycles. The van der Waals surface area contributed by atoms with Gasteiger partial charge in [-0.05, 0) is 61.7 Å². The Balaban J connectivity index is 1.84. The predicted molar refractivity (Wildman–Crippen MR) is 107 cm³/mol. The van der Waals surface area contributed by atoms with Gasteiger partial charge in [-0.3, -0.25) is 0 Å². The maximum Gasteiger partial charge on any atom is 0.416 e. The van der Waals surface area contributed by atoms with E-state index in [1.165, 1.54) is 30.0 Å². The van der Waals surface area contributed by atoms with Crippen LogP contribution in [0.3, 0.4) is 0 Å². The smallest absolute Gasteiger partial charge is 0.416 e. The van der Waals surface area contributed by atoms with Crippen LogP contribution in [0.5, 0.6) is 5.75 Å². The first-order valence-corrected chi connectivity index (χ1v) is 9.79. The Morgan fingerprint density at radius 1 is 0.966 bits per heavy atom. The minimum atomic E-state index is -4.39. The molecule has 0 aliphatic heterocycles. The van der Waals surface area contributed by atoms with Gasteiger partial charge in [-0.2, -0.15) is 13.2 Å². The van der Waals surface area contributed by atoms with Crippen LogP contribution in [0, 0.1) is 20.8 Å². The molecular formula is C22H19F3O3S. The van der Waals surface area contributed by atoms with Crippen LogP contribution in [-0.4, -0.2) is 5.11 Å². The number of alkyl halides is 3. The molecule has 0 aliphatic carbocycles. The number of benzene rings is 2. The minimum absolute atomic E-state index is 0.114. The van der Waals surface area contributed by atoms with Crippen molar-refractivity contribution in [3.63, 3.8) is 0 Å². The number of halogens is 3. The molecule has 0 spiro atoms. The van der Waals surface area contributed by atoms with E-state index in [-0.39, 0.29) is 22.8 Å². The number of thioether (sulfide) groups is 1. The molecular weight excluding hydrogens is 401 g/mol. The van der Waals surface area contributed by atoms with E-state index in [2.05, 4.69) is 0 Å². The lowest BCUT2D eigenvalue weighted by molar-refractivity contribution is -0.137. The van der Waals surface area contributed by atoms with Crippen molar-refractivity contribution in [1.29, 1.82) is 0 Å². The van der Waals surface area contributed by atoms with Gasteiger partial charge < -0.3 is 9.52 Å². The highest BCUT2D eigenvalue weighted by atomic mass is 32.2. The molecule has 3 nitrogen and oxygen atoms in total. The van der Waals surface area contributed by atoms with E-state index in [1.54, 1.807) is 0 Å². The molecule has 29 heavy (non-hydrogen) atoms. The second-order valence-corrected chi connectivity index (χ2v) is 7.89. The zero-order chi connectivity index (χ0) is 21.3. The number of hydrogen-bond acceptors (Lipinski definition) is 4. The van der Waals surface area contributed by atoms with Crippen LogP contribution in [-0.2, 0) is 11.9 Å². The standard InChI is InChI=1S/C22H19F3O3S/c1-12-8-13(2)19(14(3)9-12)20-18(26)10-16(28-21(20)27)11-29-17-6-4-15(5-7-17)22(23,24)25/h4-10,26H,11H2,1-3H3. The fourth-order valence-electron chi connectivity index (χ4n) is 3.30. The maximum absolute atomic E-state index is 12.6. The zero-order valence-corrected chi connectivity index (χ0v) is 16.9. The molecule has 3 aromatic rings. The van der Waals surface area contributed by atoms with Gasteiger partial charge in [0.25, 0.3) is 0 Å². The highest BCUT2D eigenvalue weighted by Crippen LogP contribution is 2.34. The van der Waals surface area contributed by atoms with Gasteiger partial charge in [0.1, 0.15) is 17.1 Å². The van der Waals surface area contributed by atoms with Gasteiger partial charge in [-0.15, -0.1) is 11.8 Å². The average Bonchev–Trinajstić information content (AvgIpc) is 2.61. The Labute approximate surface area is 170 Å². The summed E-state index contributed by atoms with van der Waals surface area (Å²) < 4.78 is 43.3. The van der Waals surface area contributed by atoms with Crippen molar-refractivity contribution >= 4 is 11.8 Å². The minimum Gasteiger partial charge on any atom is -0.507 e. The summed E-state index contributed by atoms with van der Waals surface area (Å²) in [6.07, 6.45) is -4.39. The fraction of sp³-hybridized carbons (Fsp3) is 0.227. The third-order valence-corrected chi connectivity index (χ3v) is 5.51. The van der Waals surface area contributed by atoms with E-state index < -0.39 is 17.4 Å². The van der Waals surface area contributed by atoms with E-state index in [0.717, 1.165) is 28.8 Å². The highest BCUT2D eigenvalue weighted by Gasteiger charge is 2.30. The van der Waals surface area contributed by atoms with Gasteiger partial charge in [0.15, 0.2) is 0 Å². The van der Waals surface area contributed by atoms with Gasteiger partial charge in [0.05, 0.1) is 11.3 Å². The molecule has 0 unspecified atom stereocenters. The molecule has 1 N–H and O–H groups in total. The van der Waals surface area contributed by atoms with Gasteiger partial charge in [0, 0.05) is 11.0 Å². The SMILES string of the molecule is Cc1cc(C)c(-c2c(O)cc(CSc3ccc(C(F)(F)F)cc3)oc2=O)c(C)c1. The van der Waals surface area contributed by atoms with Crippen molar-refractivity contribution in [3.8, 4) is 16.9 Å². The van der Waals surface area contributed by atoms with Crippen molar-refractivity contribution in [2.75, 3.05) is 0 Å². The van der Waals surface area contributed by atoms with Crippen LogP contribution in [0.4, 0.5) is 13.2 Å². The molecule has 0 amide bonds. The summed E-state index contributed by atoms with van der Waals surface area (Å²) in [6.45, 7) is 5.68. The molecule has 0 atom stereocenters. The molecule has 0 saturated carbocycles. The Hall–Kier alpha value is -2.67. The van der Waals surface area contributed by atoms with Crippen molar-refractivity contribution in [1.82, 2.24) is 0 Å². The first-order chi connectivity index (χ1) is 13.6. The van der Waals surface area contributed by atoms with Crippen LogP contribution >= 0.6 is 11.8 Å². The lowest BCUT2D eigenvalue weighted by atomic mass is 9.94. The summed E-state index contributed by atoms with van der Waals surface area (Å²) in [5.74, 6) is 0.253. The van der Waals surface area contributed by atoms with Crippen molar-refractivity contribution in [2.24, 2.45) is 0 Å². The van der Waals surface area contributed by atoms with E-state index in [9.17, 15) is 23.1 Å². The Morgan fingerprint density at radius 2 is 1.55 bits per heavy atom. The van der Waals surface area contributed by atoms with Gasteiger partial charge in [-0.25, -0.2) is 4.79 Å². The molecule has 1 heterocycles. The summed E-state index contributed by atoms with van der Waals surface area (Å²) in [5.41, 5.74) is 2.15. The third-order valence-electron chi connectivity index (χ3n) is 4.47. The van der Waals surface area contributed by atoms with Crippen LogP contribution in [0.15, 0.2) is 56.6 Å². The monoisotopic (exact) mass is 420 g/mol. The summed E-state index contributed by atoms with van der Waals surface area (Å²) in [6, 6.07) is 9.96. The molecule has 0 aliphatic rings. The summed E-state index contributed by atoms with van der Waals surface area (Å²) >= 11 is 1.21. The summed E-state index contributed by atoms with van der Waals surface area (Å²) in [4.78, 5) is 13.1. The molecule has 7 heteroatoms. The van der Waals surface area contributed by atoms with E-state index >= 15 is 0 Å². The van der Waals surface area contributed by atoms with Gasteiger partial charge in [-0.1, -0.05) is 17.7 Å². The second kappa shape index (κ2) is 7.99. The Morgan fingerprint density at radius 3 is 2.07 bits per heavy atom. The second-order valence-electron chi connectivity index (χ2n) is 6.84. The quantitative estimate of drug-likeness (QED) is 0.507. The lowest BCUT2D eigenvalue weighted by Gasteiger charge is -2.12. The van der Waals surface area contributed by atoms with Crippen molar-refractivity contribution in [2.45, 2.75) is 37.6 Å². The van der Waals surface area contributed by atoms with Crippen molar-refractivity contribution < 1.29 is 22.7 Å². The number of rotatable bonds is 4. The fourth-order valence-corrected chi connectivity index (χ4v) is 4.08. The average molecular weight is 420 g/mol. The normalized spacial score (nSPS) is 11.7. The number of aromatic hydroxyl groups is 1. The van der Waals surface area contributed by atoms with Crippen LogP contribution < -0.4 is 5.63 Å². The van der Waals surface area contributed by atoms with Crippen LogP contribution in [0.25, 0.3) is 11.1 Å². The molecule has 0 saturated heterocycles.